The van der Waals surface area contributed by atoms with Gasteiger partial charge in [0.15, 0.2) is 0 Å². The highest BCUT2D eigenvalue weighted by atomic mass is 35.5. The van der Waals surface area contributed by atoms with E-state index < -0.39 is 0 Å². The molecule has 0 aliphatic rings. The molecule has 1 atom stereocenters. The summed E-state index contributed by atoms with van der Waals surface area (Å²) in [5.74, 6) is 1.21. The van der Waals surface area contributed by atoms with Crippen molar-refractivity contribution in [2.24, 2.45) is 0 Å². The van der Waals surface area contributed by atoms with Crippen molar-refractivity contribution in [3.8, 4) is 0 Å². The molecule has 3 rings (SSSR count). The van der Waals surface area contributed by atoms with Crippen molar-refractivity contribution in [2.75, 3.05) is 0 Å². The first kappa shape index (κ1) is 13.4. The number of imidazole rings is 1. The summed E-state index contributed by atoms with van der Waals surface area (Å²) in [7, 11) is 0. The zero-order valence-electron chi connectivity index (χ0n) is 10.9. The van der Waals surface area contributed by atoms with Crippen LogP contribution in [0.2, 0.25) is 5.02 Å². The molecular weight excluding hydrogens is 293 g/mol. The van der Waals surface area contributed by atoms with Crippen LogP contribution in [0.4, 0.5) is 0 Å². The first-order valence-electron chi connectivity index (χ1n) is 6.33. The Morgan fingerprint density at radius 1 is 1.20 bits per heavy atom. The van der Waals surface area contributed by atoms with Gasteiger partial charge in [0.2, 0.25) is 0 Å². The van der Waals surface area contributed by atoms with E-state index in [4.69, 9.17) is 23.2 Å². The van der Waals surface area contributed by atoms with E-state index >= 15 is 0 Å². The van der Waals surface area contributed by atoms with Gasteiger partial charge in [0.1, 0.15) is 11.3 Å². The maximum atomic E-state index is 6.04. The Hall–Kier alpha value is -1.58. The zero-order valence-corrected chi connectivity index (χ0v) is 12.4. The third-order valence-corrected chi connectivity index (χ3v) is 3.92. The average molecular weight is 306 g/mol. The SMILES string of the molecule is CC(c1ccc(Cl)cc1)n1c(CCl)nc2cnccc21. The number of alkyl halides is 1. The lowest BCUT2D eigenvalue weighted by Gasteiger charge is -2.17. The Kier molecular flexibility index (Phi) is 3.64. The molecule has 3 nitrogen and oxygen atoms in total. The molecule has 1 unspecified atom stereocenters. The van der Waals surface area contributed by atoms with Crippen LogP contribution < -0.4 is 0 Å². The number of hydrogen-bond acceptors (Lipinski definition) is 2. The highest BCUT2D eigenvalue weighted by Gasteiger charge is 2.16. The molecule has 0 saturated carbocycles. The lowest BCUT2D eigenvalue weighted by atomic mass is 10.1. The molecule has 0 aliphatic carbocycles. The highest BCUT2D eigenvalue weighted by molar-refractivity contribution is 6.30. The topological polar surface area (TPSA) is 30.7 Å². The smallest absolute Gasteiger partial charge is 0.125 e. The first-order chi connectivity index (χ1) is 9.70. The molecule has 0 aliphatic heterocycles. The predicted octanol–water partition coefficient (Wildman–Crippen LogP) is 4.43. The number of benzene rings is 1. The maximum Gasteiger partial charge on any atom is 0.125 e. The van der Waals surface area contributed by atoms with E-state index in [2.05, 4.69) is 21.5 Å². The molecule has 0 radical (unpaired) electrons. The van der Waals surface area contributed by atoms with Crippen LogP contribution in [0.15, 0.2) is 42.7 Å². The Bertz CT molecular complexity index is 734. The highest BCUT2D eigenvalue weighted by Crippen LogP contribution is 2.27. The normalized spacial score (nSPS) is 12.8. The fourth-order valence-corrected chi connectivity index (χ4v) is 2.73. The van der Waals surface area contributed by atoms with Gasteiger partial charge in [-0.15, -0.1) is 11.6 Å². The van der Waals surface area contributed by atoms with Crippen LogP contribution in [0.25, 0.3) is 11.0 Å². The number of aromatic nitrogens is 3. The van der Waals surface area contributed by atoms with Crippen molar-refractivity contribution in [1.82, 2.24) is 14.5 Å². The molecule has 0 N–H and O–H groups in total. The van der Waals surface area contributed by atoms with Gasteiger partial charge in [-0.2, -0.15) is 0 Å². The van der Waals surface area contributed by atoms with Gasteiger partial charge in [0.25, 0.3) is 0 Å². The number of pyridine rings is 1. The van der Waals surface area contributed by atoms with Gasteiger partial charge in [-0.1, -0.05) is 23.7 Å². The quantitative estimate of drug-likeness (QED) is 0.670. The second-order valence-corrected chi connectivity index (χ2v) is 5.33. The van der Waals surface area contributed by atoms with Gasteiger partial charge in [-0.05, 0) is 30.7 Å². The Morgan fingerprint density at radius 2 is 1.95 bits per heavy atom. The van der Waals surface area contributed by atoms with Crippen molar-refractivity contribution in [1.29, 1.82) is 0 Å². The average Bonchev–Trinajstić information content (AvgIpc) is 2.85. The standard InChI is InChI=1S/C15H13Cl2N3/c1-10(11-2-4-12(17)5-3-11)20-14-6-7-18-9-13(14)19-15(20)8-16/h2-7,9-10H,8H2,1H3. The van der Waals surface area contributed by atoms with Crippen molar-refractivity contribution >= 4 is 34.2 Å². The lowest BCUT2D eigenvalue weighted by molar-refractivity contribution is 0.634. The number of nitrogens with zero attached hydrogens (tertiary/aromatic N) is 3. The van der Waals surface area contributed by atoms with E-state index in [1.165, 1.54) is 0 Å². The van der Waals surface area contributed by atoms with Crippen LogP contribution in [-0.4, -0.2) is 14.5 Å². The largest absolute Gasteiger partial charge is 0.320 e. The monoisotopic (exact) mass is 305 g/mol. The van der Waals surface area contributed by atoms with Crippen LogP contribution in [0.5, 0.6) is 0 Å². The molecule has 0 saturated heterocycles. The van der Waals surface area contributed by atoms with Gasteiger partial charge in [-0.3, -0.25) is 4.98 Å². The summed E-state index contributed by atoms with van der Waals surface area (Å²) < 4.78 is 2.15. The third-order valence-electron chi connectivity index (χ3n) is 3.42. The summed E-state index contributed by atoms with van der Waals surface area (Å²) >= 11 is 12.0. The molecule has 2 heterocycles. The van der Waals surface area contributed by atoms with E-state index in [-0.39, 0.29) is 6.04 Å². The van der Waals surface area contributed by atoms with Gasteiger partial charge < -0.3 is 4.57 Å². The zero-order chi connectivity index (χ0) is 14.1. The van der Waals surface area contributed by atoms with Crippen molar-refractivity contribution < 1.29 is 0 Å². The fraction of sp³-hybridized carbons (Fsp3) is 0.200. The van der Waals surface area contributed by atoms with Crippen molar-refractivity contribution in [3.63, 3.8) is 0 Å². The molecule has 0 amide bonds. The molecule has 1 aromatic carbocycles. The Balaban J connectivity index is 2.15. The molecule has 0 spiro atoms. The van der Waals surface area contributed by atoms with Gasteiger partial charge in [0.05, 0.1) is 23.6 Å². The molecule has 2 aromatic heterocycles. The molecule has 5 heteroatoms. The van der Waals surface area contributed by atoms with E-state index in [1.807, 2.05) is 30.3 Å². The molecule has 0 bridgehead atoms. The maximum absolute atomic E-state index is 6.04. The minimum atomic E-state index is 0.133. The van der Waals surface area contributed by atoms with Crippen LogP contribution in [-0.2, 0) is 5.88 Å². The molecular formula is C15H13Cl2N3. The second-order valence-electron chi connectivity index (χ2n) is 4.62. The van der Waals surface area contributed by atoms with Crippen LogP contribution in [0.1, 0.15) is 24.4 Å². The summed E-state index contributed by atoms with van der Waals surface area (Å²) in [6.45, 7) is 2.13. The summed E-state index contributed by atoms with van der Waals surface area (Å²) in [5.41, 5.74) is 3.07. The Morgan fingerprint density at radius 3 is 2.65 bits per heavy atom. The van der Waals surface area contributed by atoms with E-state index in [0.717, 1.165) is 27.4 Å². The minimum absolute atomic E-state index is 0.133. The number of halogens is 2. The summed E-state index contributed by atoms with van der Waals surface area (Å²) in [6.07, 6.45) is 3.53. The lowest BCUT2D eigenvalue weighted by Crippen LogP contribution is -2.09. The van der Waals surface area contributed by atoms with E-state index in [0.29, 0.717) is 5.88 Å². The number of rotatable bonds is 3. The van der Waals surface area contributed by atoms with Gasteiger partial charge >= 0.3 is 0 Å². The van der Waals surface area contributed by atoms with E-state index in [1.54, 1.807) is 12.4 Å². The van der Waals surface area contributed by atoms with Crippen molar-refractivity contribution in [2.45, 2.75) is 18.8 Å². The molecule has 3 aromatic rings. The number of hydrogen-bond donors (Lipinski definition) is 0. The Labute approximate surface area is 127 Å². The third kappa shape index (κ3) is 2.28. The summed E-state index contributed by atoms with van der Waals surface area (Å²) in [5, 5.41) is 0.734. The molecule has 0 fully saturated rings. The van der Waals surface area contributed by atoms with Gasteiger partial charge in [0, 0.05) is 11.2 Å². The first-order valence-corrected chi connectivity index (χ1v) is 7.24. The molecule has 20 heavy (non-hydrogen) atoms. The fourth-order valence-electron chi connectivity index (χ4n) is 2.42. The van der Waals surface area contributed by atoms with E-state index in [9.17, 15) is 0 Å². The van der Waals surface area contributed by atoms with Gasteiger partial charge in [-0.25, -0.2) is 4.98 Å². The summed E-state index contributed by atoms with van der Waals surface area (Å²) in [6, 6.07) is 9.94. The summed E-state index contributed by atoms with van der Waals surface area (Å²) in [4.78, 5) is 8.65. The predicted molar refractivity (Wildman–Crippen MR) is 82.4 cm³/mol. The van der Waals surface area contributed by atoms with Crippen molar-refractivity contribution in [3.05, 3.63) is 59.1 Å². The van der Waals surface area contributed by atoms with Crippen LogP contribution in [0.3, 0.4) is 0 Å². The van der Waals surface area contributed by atoms with Crippen LogP contribution >= 0.6 is 23.2 Å². The molecule has 102 valence electrons. The van der Waals surface area contributed by atoms with Crippen LogP contribution in [0, 0.1) is 0 Å². The minimum Gasteiger partial charge on any atom is -0.320 e. The second kappa shape index (κ2) is 5.43. The number of fused-ring (bicyclic) bond motifs is 1.